The molecule has 0 N–H and O–H groups in total. The maximum absolute atomic E-state index is 15.0. The minimum atomic E-state index is -3.29. The number of carbonyl (C=O) groups excluding carboxylic acids is 1. The Morgan fingerprint density at radius 3 is 2.61 bits per heavy atom. The monoisotopic (exact) mass is 464 g/mol. The number of thiophene rings is 1. The van der Waals surface area contributed by atoms with E-state index in [1.54, 1.807) is 25.1 Å². The topological polar surface area (TPSA) is 57.7 Å². The van der Waals surface area contributed by atoms with Crippen molar-refractivity contribution in [2.45, 2.75) is 55.8 Å². The van der Waals surface area contributed by atoms with E-state index in [2.05, 4.69) is 11.8 Å². The van der Waals surface area contributed by atoms with E-state index in [-0.39, 0.29) is 27.5 Å². The quantitative estimate of drug-likeness (QED) is 0.634. The fourth-order valence-corrected chi connectivity index (χ4v) is 7.03. The molecule has 8 heteroatoms. The molecule has 1 amide bonds. The van der Waals surface area contributed by atoms with Crippen molar-refractivity contribution in [2.75, 3.05) is 25.4 Å². The molecule has 31 heavy (non-hydrogen) atoms. The molecule has 0 bridgehead atoms. The standard InChI is InChI=1S/C23H29FN2O3S2/c1-3-31(28,29)22-11-10-21(30-22)17-8-9-19(20(24)14-17)23(27)26-13-5-7-18(26)15-25-12-4-6-16(25)2/h8-11,14,16,18H,3-7,12-13,15H2,1-2H3/t16-,18?/m0/s1. The van der Waals surface area contributed by atoms with Crippen molar-refractivity contribution in [3.05, 3.63) is 41.7 Å². The van der Waals surface area contributed by atoms with E-state index >= 15 is 0 Å². The van der Waals surface area contributed by atoms with Gasteiger partial charge in [0.25, 0.3) is 5.91 Å². The fourth-order valence-electron chi connectivity index (χ4n) is 4.61. The summed E-state index contributed by atoms with van der Waals surface area (Å²) in [6.07, 6.45) is 4.30. The second-order valence-electron chi connectivity index (χ2n) is 8.50. The average Bonchev–Trinajstić information content (AvgIpc) is 3.50. The van der Waals surface area contributed by atoms with Crippen molar-refractivity contribution in [3.8, 4) is 10.4 Å². The Hall–Kier alpha value is -1.77. The van der Waals surface area contributed by atoms with Gasteiger partial charge in [-0.3, -0.25) is 9.69 Å². The van der Waals surface area contributed by atoms with Gasteiger partial charge in [-0.25, -0.2) is 12.8 Å². The Labute approximate surface area is 187 Å². The summed E-state index contributed by atoms with van der Waals surface area (Å²) in [5.74, 6) is -0.781. The third-order valence-corrected chi connectivity index (χ3v) is 9.98. The number of halogens is 1. The molecule has 4 rings (SSSR count). The van der Waals surface area contributed by atoms with Gasteiger partial charge in [0.2, 0.25) is 0 Å². The molecule has 3 heterocycles. The Kier molecular flexibility index (Phi) is 6.51. The molecule has 2 aromatic rings. The van der Waals surface area contributed by atoms with Crippen molar-refractivity contribution in [1.29, 1.82) is 0 Å². The zero-order valence-corrected chi connectivity index (χ0v) is 19.6. The molecule has 1 unspecified atom stereocenters. The molecular formula is C23H29FN2O3S2. The maximum Gasteiger partial charge on any atom is 0.257 e. The summed E-state index contributed by atoms with van der Waals surface area (Å²) in [5.41, 5.74) is 0.670. The van der Waals surface area contributed by atoms with Crippen LogP contribution in [0.15, 0.2) is 34.5 Å². The van der Waals surface area contributed by atoms with Crippen molar-refractivity contribution in [2.24, 2.45) is 0 Å². The summed E-state index contributed by atoms with van der Waals surface area (Å²) in [6.45, 7) is 6.42. The summed E-state index contributed by atoms with van der Waals surface area (Å²) in [7, 11) is -3.29. The van der Waals surface area contributed by atoms with E-state index < -0.39 is 15.7 Å². The first-order chi connectivity index (χ1) is 14.8. The Bertz CT molecular complexity index is 1070. The van der Waals surface area contributed by atoms with Gasteiger partial charge in [0.1, 0.15) is 10.0 Å². The van der Waals surface area contributed by atoms with Crippen molar-refractivity contribution >= 4 is 27.1 Å². The average molecular weight is 465 g/mol. The molecule has 1 aromatic carbocycles. The van der Waals surface area contributed by atoms with Crippen LogP contribution in [0.2, 0.25) is 0 Å². The molecule has 1 aromatic heterocycles. The Balaban J connectivity index is 1.52. The highest BCUT2D eigenvalue weighted by molar-refractivity contribution is 7.93. The number of hydrogen-bond acceptors (Lipinski definition) is 5. The number of rotatable bonds is 6. The highest BCUT2D eigenvalue weighted by Gasteiger charge is 2.34. The van der Waals surface area contributed by atoms with E-state index in [9.17, 15) is 17.6 Å². The molecule has 2 fully saturated rings. The van der Waals surface area contributed by atoms with E-state index in [0.717, 1.165) is 37.3 Å². The van der Waals surface area contributed by atoms with Crippen LogP contribution < -0.4 is 0 Å². The van der Waals surface area contributed by atoms with E-state index in [4.69, 9.17) is 0 Å². The normalized spacial score (nSPS) is 22.4. The van der Waals surface area contributed by atoms with Gasteiger partial charge >= 0.3 is 0 Å². The predicted molar refractivity (Wildman–Crippen MR) is 122 cm³/mol. The summed E-state index contributed by atoms with van der Waals surface area (Å²) in [5, 5.41) is 0. The minimum Gasteiger partial charge on any atom is -0.334 e. The molecule has 0 radical (unpaired) electrons. The molecule has 168 valence electrons. The van der Waals surface area contributed by atoms with E-state index in [0.29, 0.717) is 23.0 Å². The van der Waals surface area contributed by atoms with Crippen LogP contribution in [0.4, 0.5) is 4.39 Å². The number of likely N-dealkylation sites (tertiary alicyclic amines) is 2. The van der Waals surface area contributed by atoms with Crippen LogP contribution in [0.25, 0.3) is 10.4 Å². The molecule has 0 spiro atoms. The molecular weight excluding hydrogens is 435 g/mol. The highest BCUT2D eigenvalue weighted by Crippen LogP contribution is 2.33. The van der Waals surface area contributed by atoms with Gasteiger partial charge in [-0.15, -0.1) is 11.3 Å². The lowest BCUT2D eigenvalue weighted by Gasteiger charge is -2.31. The van der Waals surface area contributed by atoms with Crippen molar-refractivity contribution < 1.29 is 17.6 Å². The Morgan fingerprint density at radius 1 is 1.16 bits per heavy atom. The van der Waals surface area contributed by atoms with Gasteiger partial charge in [0, 0.05) is 30.1 Å². The smallest absolute Gasteiger partial charge is 0.257 e. The van der Waals surface area contributed by atoms with Gasteiger partial charge in [-0.05, 0) is 69.0 Å². The first-order valence-corrected chi connectivity index (χ1v) is 13.4. The van der Waals surface area contributed by atoms with Gasteiger partial charge in [-0.2, -0.15) is 0 Å². The zero-order chi connectivity index (χ0) is 22.2. The summed E-state index contributed by atoms with van der Waals surface area (Å²) in [4.78, 5) is 18.1. The second kappa shape index (κ2) is 9.00. The fraction of sp³-hybridized carbons (Fsp3) is 0.522. The van der Waals surface area contributed by atoms with Crippen LogP contribution in [0.1, 0.15) is 49.9 Å². The minimum absolute atomic E-state index is 0.0297. The van der Waals surface area contributed by atoms with E-state index in [1.165, 1.54) is 25.0 Å². The van der Waals surface area contributed by atoms with E-state index in [1.807, 2.05) is 4.90 Å². The second-order valence-corrected chi connectivity index (χ2v) is 12.1. The molecule has 2 aliphatic heterocycles. The lowest BCUT2D eigenvalue weighted by molar-refractivity contribution is 0.0692. The third-order valence-electron chi connectivity index (χ3n) is 6.53. The van der Waals surface area contributed by atoms with Crippen LogP contribution in [0.3, 0.4) is 0 Å². The maximum atomic E-state index is 15.0. The number of carbonyl (C=O) groups is 1. The van der Waals surface area contributed by atoms with Crippen LogP contribution in [0, 0.1) is 5.82 Å². The number of nitrogens with zero attached hydrogens (tertiary/aromatic N) is 2. The van der Waals surface area contributed by atoms with Crippen LogP contribution in [-0.2, 0) is 9.84 Å². The summed E-state index contributed by atoms with van der Waals surface area (Å²) in [6, 6.07) is 8.51. The largest absolute Gasteiger partial charge is 0.334 e. The molecule has 5 nitrogen and oxygen atoms in total. The number of sulfone groups is 1. The van der Waals surface area contributed by atoms with Crippen LogP contribution >= 0.6 is 11.3 Å². The Morgan fingerprint density at radius 2 is 1.94 bits per heavy atom. The van der Waals surface area contributed by atoms with Gasteiger partial charge in [-0.1, -0.05) is 13.0 Å². The number of hydrogen-bond donors (Lipinski definition) is 0. The molecule has 2 aliphatic rings. The number of benzene rings is 1. The lowest BCUT2D eigenvalue weighted by Crippen LogP contribution is -2.44. The zero-order valence-electron chi connectivity index (χ0n) is 18.0. The van der Waals surface area contributed by atoms with Crippen molar-refractivity contribution in [1.82, 2.24) is 9.80 Å². The van der Waals surface area contributed by atoms with Crippen molar-refractivity contribution in [3.63, 3.8) is 0 Å². The molecule has 2 saturated heterocycles. The third kappa shape index (κ3) is 4.56. The summed E-state index contributed by atoms with van der Waals surface area (Å²) >= 11 is 1.13. The first-order valence-electron chi connectivity index (χ1n) is 11.0. The molecule has 0 saturated carbocycles. The van der Waals surface area contributed by atoms with Gasteiger partial charge in [0.05, 0.1) is 11.3 Å². The van der Waals surface area contributed by atoms with Crippen LogP contribution in [-0.4, -0.2) is 61.6 Å². The predicted octanol–water partition coefficient (Wildman–Crippen LogP) is 4.44. The molecule has 0 aliphatic carbocycles. The molecule has 2 atom stereocenters. The van der Waals surface area contributed by atoms with Crippen LogP contribution in [0.5, 0.6) is 0 Å². The summed E-state index contributed by atoms with van der Waals surface area (Å²) < 4.78 is 39.4. The van der Waals surface area contributed by atoms with Gasteiger partial charge < -0.3 is 4.90 Å². The SMILES string of the molecule is CCS(=O)(=O)c1ccc(-c2ccc(C(=O)N3CCCC3CN3CCC[C@@H]3C)c(F)c2)s1. The highest BCUT2D eigenvalue weighted by atomic mass is 32.2. The first kappa shape index (κ1) is 22.4. The lowest BCUT2D eigenvalue weighted by atomic mass is 10.1. The number of amides is 1. The van der Waals surface area contributed by atoms with Gasteiger partial charge in [0.15, 0.2) is 9.84 Å².